The molecule has 0 aromatic carbocycles. The molecule has 2 saturated heterocycles. The minimum absolute atomic E-state index is 0.297. The molecule has 0 N–H and O–H groups in total. The highest BCUT2D eigenvalue weighted by Crippen LogP contribution is 2.30. The van der Waals surface area contributed by atoms with Crippen molar-refractivity contribution >= 4 is 5.91 Å². The van der Waals surface area contributed by atoms with Crippen LogP contribution in [0.4, 0.5) is 0 Å². The van der Waals surface area contributed by atoms with E-state index >= 15 is 0 Å². The van der Waals surface area contributed by atoms with Crippen molar-refractivity contribution in [3.05, 3.63) is 18.2 Å². The Labute approximate surface area is 152 Å². The second-order valence-electron chi connectivity index (χ2n) is 8.18. The normalized spacial score (nSPS) is 22.5. The van der Waals surface area contributed by atoms with Crippen LogP contribution in [0.15, 0.2) is 12.4 Å². The van der Waals surface area contributed by atoms with Crippen LogP contribution in [0.5, 0.6) is 0 Å². The van der Waals surface area contributed by atoms with Crippen molar-refractivity contribution < 1.29 is 4.79 Å². The molecular weight excluding hydrogens is 312 g/mol. The summed E-state index contributed by atoms with van der Waals surface area (Å²) in [6.07, 6.45) is 11.0. The Morgan fingerprint density at radius 1 is 1.24 bits per heavy atom. The summed E-state index contributed by atoms with van der Waals surface area (Å²) in [7, 11) is 0. The molecule has 3 rings (SSSR count). The Morgan fingerprint density at radius 2 is 2.00 bits per heavy atom. The molecule has 0 bridgehead atoms. The highest BCUT2D eigenvalue weighted by molar-refractivity contribution is 5.85. The summed E-state index contributed by atoms with van der Waals surface area (Å²) in [5, 5.41) is 0. The van der Waals surface area contributed by atoms with Crippen molar-refractivity contribution in [1.29, 1.82) is 0 Å². The molecule has 1 amide bonds. The van der Waals surface area contributed by atoms with Gasteiger partial charge in [0.2, 0.25) is 5.91 Å². The lowest BCUT2D eigenvalue weighted by Gasteiger charge is -2.41. The number of nitrogens with zero attached hydrogens (tertiary/aromatic N) is 4. The van der Waals surface area contributed by atoms with E-state index in [-0.39, 0.29) is 5.54 Å². The van der Waals surface area contributed by atoms with E-state index in [4.69, 9.17) is 0 Å². The third-order valence-electron chi connectivity index (χ3n) is 5.99. The van der Waals surface area contributed by atoms with Crippen molar-refractivity contribution in [3.8, 4) is 0 Å². The van der Waals surface area contributed by atoms with Crippen molar-refractivity contribution in [1.82, 2.24) is 19.4 Å². The fraction of sp³-hybridized carbons (Fsp3) is 0.800. The first kappa shape index (κ1) is 18.4. The monoisotopic (exact) mass is 346 g/mol. The van der Waals surface area contributed by atoms with Gasteiger partial charge in [0.15, 0.2) is 0 Å². The molecule has 2 aliphatic heterocycles. The van der Waals surface area contributed by atoms with Crippen molar-refractivity contribution in [2.24, 2.45) is 0 Å². The summed E-state index contributed by atoms with van der Waals surface area (Å²) >= 11 is 0. The van der Waals surface area contributed by atoms with Crippen LogP contribution in [-0.2, 0) is 11.3 Å². The lowest BCUT2D eigenvalue weighted by atomic mass is 9.93. The molecular formula is C20H34N4O. The number of unbranched alkanes of at least 4 members (excludes halogenated alkanes) is 1. The van der Waals surface area contributed by atoms with Crippen LogP contribution in [-0.4, -0.2) is 57.0 Å². The number of likely N-dealkylation sites (tertiary alicyclic amines) is 2. The zero-order valence-electron chi connectivity index (χ0n) is 16.2. The van der Waals surface area contributed by atoms with E-state index in [1.165, 1.54) is 31.5 Å². The Kier molecular flexibility index (Phi) is 5.82. The standard InChI is InChI=1S/C20H34N4O/c1-4-5-11-22-15-10-21-18(22)17-9-8-12-23(16-17)19(25)20(2,3)24-13-6-7-14-24/h10,15,17H,4-9,11-14,16H2,1-3H3/t17-/m0/s1. The molecule has 1 atom stereocenters. The largest absolute Gasteiger partial charge is 0.340 e. The molecule has 0 aliphatic carbocycles. The van der Waals surface area contributed by atoms with Crippen LogP contribution >= 0.6 is 0 Å². The maximum atomic E-state index is 13.2. The Morgan fingerprint density at radius 3 is 2.72 bits per heavy atom. The Bertz CT molecular complexity index is 574. The topological polar surface area (TPSA) is 41.4 Å². The molecule has 2 aliphatic rings. The molecule has 0 radical (unpaired) electrons. The highest BCUT2D eigenvalue weighted by Gasteiger charge is 2.40. The van der Waals surface area contributed by atoms with Crippen LogP contribution in [0, 0.1) is 0 Å². The first-order valence-electron chi connectivity index (χ1n) is 10.1. The summed E-state index contributed by atoms with van der Waals surface area (Å²) in [6, 6.07) is 0. The van der Waals surface area contributed by atoms with Gasteiger partial charge >= 0.3 is 0 Å². The molecule has 1 aromatic rings. The van der Waals surface area contributed by atoms with Gasteiger partial charge in [-0.3, -0.25) is 9.69 Å². The predicted molar refractivity (Wildman–Crippen MR) is 101 cm³/mol. The van der Waals surface area contributed by atoms with Crippen LogP contribution in [0.1, 0.15) is 71.0 Å². The number of rotatable bonds is 6. The van der Waals surface area contributed by atoms with Gasteiger partial charge in [-0.2, -0.15) is 0 Å². The van der Waals surface area contributed by atoms with Gasteiger partial charge in [0.25, 0.3) is 0 Å². The van der Waals surface area contributed by atoms with Crippen molar-refractivity contribution in [3.63, 3.8) is 0 Å². The third kappa shape index (κ3) is 3.91. The van der Waals surface area contributed by atoms with Crippen LogP contribution in [0.2, 0.25) is 0 Å². The van der Waals surface area contributed by atoms with Crippen LogP contribution in [0.25, 0.3) is 0 Å². The quantitative estimate of drug-likeness (QED) is 0.794. The third-order valence-corrected chi connectivity index (χ3v) is 5.99. The maximum absolute atomic E-state index is 13.2. The molecule has 0 spiro atoms. The molecule has 3 heterocycles. The van der Waals surface area contributed by atoms with Gasteiger partial charge in [0.1, 0.15) is 5.82 Å². The summed E-state index contributed by atoms with van der Waals surface area (Å²) in [5.74, 6) is 1.84. The number of hydrogen-bond acceptors (Lipinski definition) is 3. The van der Waals surface area contributed by atoms with E-state index in [1.807, 2.05) is 6.20 Å². The molecule has 140 valence electrons. The molecule has 5 heteroatoms. The minimum atomic E-state index is -0.379. The van der Waals surface area contributed by atoms with Gasteiger partial charge in [-0.15, -0.1) is 0 Å². The second-order valence-corrected chi connectivity index (χ2v) is 8.18. The SMILES string of the molecule is CCCCn1ccnc1[C@H]1CCCN(C(=O)C(C)(C)N2CCCC2)C1. The van der Waals surface area contributed by atoms with Gasteiger partial charge < -0.3 is 9.47 Å². The molecule has 2 fully saturated rings. The number of hydrogen-bond donors (Lipinski definition) is 0. The summed E-state index contributed by atoms with van der Waals surface area (Å²) < 4.78 is 2.30. The molecule has 0 saturated carbocycles. The average molecular weight is 347 g/mol. The maximum Gasteiger partial charge on any atom is 0.242 e. The van der Waals surface area contributed by atoms with Crippen LogP contribution < -0.4 is 0 Å². The average Bonchev–Trinajstić information content (AvgIpc) is 3.31. The van der Waals surface area contributed by atoms with Gasteiger partial charge in [-0.1, -0.05) is 13.3 Å². The number of piperidine rings is 1. The summed E-state index contributed by atoms with van der Waals surface area (Å²) in [6.45, 7) is 11.3. The fourth-order valence-electron chi connectivity index (χ4n) is 4.37. The molecule has 1 aromatic heterocycles. The molecule has 25 heavy (non-hydrogen) atoms. The summed E-state index contributed by atoms with van der Waals surface area (Å²) in [4.78, 5) is 22.3. The number of aromatic nitrogens is 2. The number of imidazole rings is 1. The van der Waals surface area contributed by atoms with E-state index in [0.717, 1.165) is 45.6 Å². The van der Waals surface area contributed by atoms with Gasteiger partial charge in [-0.05, 0) is 59.0 Å². The van der Waals surface area contributed by atoms with Crippen LogP contribution in [0.3, 0.4) is 0 Å². The zero-order valence-corrected chi connectivity index (χ0v) is 16.2. The van der Waals surface area contributed by atoms with Gasteiger partial charge in [-0.25, -0.2) is 4.98 Å². The Hall–Kier alpha value is -1.36. The van der Waals surface area contributed by atoms with Gasteiger partial charge in [0, 0.05) is 37.9 Å². The predicted octanol–water partition coefficient (Wildman–Crippen LogP) is 3.26. The van der Waals surface area contributed by atoms with Gasteiger partial charge in [0.05, 0.1) is 5.54 Å². The lowest BCUT2D eigenvalue weighted by molar-refractivity contribution is -0.143. The first-order valence-corrected chi connectivity index (χ1v) is 10.1. The molecule has 0 unspecified atom stereocenters. The molecule has 5 nitrogen and oxygen atoms in total. The van der Waals surface area contributed by atoms with E-state index in [2.05, 4.69) is 46.3 Å². The highest BCUT2D eigenvalue weighted by atomic mass is 16.2. The first-order chi connectivity index (χ1) is 12.0. The zero-order chi connectivity index (χ0) is 17.9. The van der Waals surface area contributed by atoms with E-state index in [9.17, 15) is 4.79 Å². The number of aryl methyl sites for hydroxylation is 1. The van der Waals surface area contributed by atoms with E-state index < -0.39 is 0 Å². The number of carbonyl (C=O) groups is 1. The lowest BCUT2D eigenvalue weighted by Crippen LogP contribution is -2.56. The van der Waals surface area contributed by atoms with Crippen molar-refractivity contribution in [2.75, 3.05) is 26.2 Å². The summed E-state index contributed by atoms with van der Waals surface area (Å²) in [5.41, 5.74) is -0.379. The number of amides is 1. The fourth-order valence-corrected chi connectivity index (χ4v) is 4.37. The van der Waals surface area contributed by atoms with Crippen molar-refractivity contribution in [2.45, 2.75) is 77.3 Å². The van der Waals surface area contributed by atoms with E-state index in [0.29, 0.717) is 11.8 Å². The number of carbonyl (C=O) groups excluding carboxylic acids is 1. The minimum Gasteiger partial charge on any atom is -0.340 e. The second kappa shape index (κ2) is 7.90. The smallest absolute Gasteiger partial charge is 0.242 e. The van der Waals surface area contributed by atoms with E-state index in [1.54, 1.807) is 0 Å². The Balaban J connectivity index is 1.68.